The zero-order valence-electron chi connectivity index (χ0n) is 9.58. The van der Waals surface area contributed by atoms with E-state index < -0.39 is 0 Å². The van der Waals surface area contributed by atoms with Crippen molar-refractivity contribution in [2.45, 2.75) is 65.6 Å². The average molecular weight is 187 g/mol. The van der Waals surface area contributed by atoms with Gasteiger partial charge in [0.2, 0.25) is 0 Å². The molecule has 1 N–H and O–H groups in total. The van der Waals surface area contributed by atoms with Gasteiger partial charge in [-0.25, -0.2) is 0 Å². The molecule has 0 aromatic rings. The Hall–Kier alpha value is -0.0800. The molecule has 2 nitrogen and oxygen atoms in total. The molecule has 0 bridgehead atoms. The van der Waals surface area contributed by atoms with Crippen LogP contribution < -0.4 is 0 Å². The van der Waals surface area contributed by atoms with Crippen LogP contribution in [-0.4, -0.2) is 28.8 Å². The molecule has 2 heteroatoms. The van der Waals surface area contributed by atoms with Crippen LogP contribution in [0, 0.1) is 0 Å². The molecule has 2 unspecified atom stereocenters. The summed E-state index contributed by atoms with van der Waals surface area (Å²) >= 11 is 0. The third-order valence-corrected chi connectivity index (χ3v) is 2.65. The summed E-state index contributed by atoms with van der Waals surface area (Å²) < 4.78 is 0. The SMILES string of the molecule is CCCCC(C)N(CC)C(O)CC. The van der Waals surface area contributed by atoms with Gasteiger partial charge >= 0.3 is 0 Å². The van der Waals surface area contributed by atoms with Crippen molar-refractivity contribution in [3.8, 4) is 0 Å². The van der Waals surface area contributed by atoms with Crippen LogP contribution in [0.4, 0.5) is 0 Å². The Kier molecular flexibility index (Phi) is 7.29. The van der Waals surface area contributed by atoms with Gasteiger partial charge in [-0.05, 0) is 26.3 Å². The van der Waals surface area contributed by atoms with E-state index in [1.807, 2.05) is 6.92 Å². The first-order valence-corrected chi connectivity index (χ1v) is 5.61. The normalized spacial score (nSPS) is 16.2. The molecule has 0 fully saturated rings. The van der Waals surface area contributed by atoms with E-state index in [-0.39, 0.29) is 6.23 Å². The lowest BCUT2D eigenvalue weighted by atomic mass is 10.1. The van der Waals surface area contributed by atoms with E-state index in [9.17, 15) is 5.11 Å². The van der Waals surface area contributed by atoms with Crippen molar-refractivity contribution in [3.05, 3.63) is 0 Å². The number of aliphatic hydroxyl groups is 1. The Morgan fingerprint density at radius 2 is 1.85 bits per heavy atom. The summed E-state index contributed by atoms with van der Waals surface area (Å²) in [6, 6.07) is 0.514. The van der Waals surface area contributed by atoms with Crippen molar-refractivity contribution in [2.24, 2.45) is 0 Å². The lowest BCUT2D eigenvalue weighted by Crippen LogP contribution is -2.41. The van der Waals surface area contributed by atoms with E-state index in [1.54, 1.807) is 0 Å². The van der Waals surface area contributed by atoms with Crippen LogP contribution in [0.15, 0.2) is 0 Å². The smallest absolute Gasteiger partial charge is 0.107 e. The number of rotatable bonds is 7. The van der Waals surface area contributed by atoms with Crippen molar-refractivity contribution < 1.29 is 5.11 Å². The van der Waals surface area contributed by atoms with Crippen LogP contribution in [0.3, 0.4) is 0 Å². The van der Waals surface area contributed by atoms with E-state index in [4.69, 9.17) is 0 Å². The molecule has 0 spiro atoms. The largest absolute Gasteiger partial charge is 0.378 e. The molecule has 0 heterocycles. The third-order valence-electron chi connectivity index (χ3n) is 2.65. The minimum absolute atomic E-state index is 0.253. The monoisotopic (exact) mass is 187 g/mol. The summed E-state index contributed by atoms with van der Waals surface area (Å²) in [5, 5.41) is 9.71. The maximum atomic E-state index is 9.71. The zero-order valence-corrected chi connectivity index (χ0v) is 9.58. The number of unbranched alkanes of at least 4 members (excludes halogenated alkanes) is 1. The standard InChI is InChI=1S/C11H25NO/c1-5-8-9-10(4)12(7-3)11(13)6-2/h10-11,13H,5-9H2,1-4H3. The van der Waals surface area contributed by atoms with Crippen molar-refractivity contribution in [3.63, 3.8) is 0 Å². The molecule has 80 valence electrons. The fourth-order valence-corrected chi connectivity index (χ4v) is 1.72. The van der Waals surface area contributed by atoms with Crippen molar-refractivity contribution in [2.75, 3.05) is 6.54 Å². The highest BCUT2D eigenvalue weighted by Crippen LogP contribution is 2.12. The van der Waals surface area contributed by atoms with Gasteiger partial charge in [-0.3, -0.25) is 4.90 Å². The molecular formula is C11H25NO. The average Bonchev–Trinajstić information content (AvgIpc) is 2.15. The van der Waals surface area contributed by atoms with E-state index in [0.717, 1.165) is 13.0 Å². The Bertz CT molecular complexity index is 117. The number of nitrogens with zero attached hydrogens (tertiary/aromatic N) is 1. The minimum atomic E-state index is -0.253. The first-order chi connectivity index (χ1) is 6.17. The molecule has 0 saturated heterocycles. The molecule has 13 heavy (non-hydrogen) atoms. The molecule has 0 aliphatic heterocycles. The molecule has 0 amide bonds. The number of aliphatic hydroxyl groups excluding tert-OH is 1. The first kappa shape index (κ1) is 12.9. The van der Waals surface area contributed by atoms with Gasteiger partial charge < -0.3 is 5.11 Å². The molecule has 0 aliphatic rings. The van der Waals surface area contributed by atoms with Gasteiger partial charge in [-0.2, -0.15) is 0 Å². The predicted molar refractivity (Wildman–Crippen MR) is 57.7 cm³/mol. The fourth-order valence-electron chi connectivity index (χ4n) is 1.72. The highest BCUT2D eigenvalue weighted by molar-refractivity contribution is 4.67. The lowest BCUT2D eigenvalue weighted by molar-refractivity contribution is -0.0217. The molecule has 0 aromatic carbocycles. The van der Waals surface area contributed by atoms with Crippen molar-refractivity contribution >= 4 is 0 Å². The maximum Gasteiger partial charge on any atom is 0.107 e. The summed E-state index contributed by atoms with van der Waals surface area (Å²) in [7, 11) is 0. The van der Waals surface area contributed by atoms with Crippen molar-refractivity contribution in [1.82, 2.24) is 4.90 Å². The third kappa shape index (κ3) is 4.63. The van der Waals surface area contributed by atoms with Gasteiger partial charge in [-0.15, -0.1) is 0 Å². The number of hydrogen-bond donors (Lipinski definition) is 1. The van der Waals surface area contributed by atoms with Crippen LogP contribution in [0.2, 0.25) is 0 Å². The Morgan fingerprint density at radius 1 is 1.23 bits per heavy atom. The summed E-state index contributed by atoms with van der Waals surface area (Å²) in [4.78, 5) is 2.18. The number of hydrogen-bond acceptors (Lipinski definition) is 2. The topological polar surface area (TPSA) is 23.5 Å². The van der Waals surface area contributed by atoms with E-state index in [2.05, 4.69) is 25.7 Å². The van der Waals surface area contributed by atoms with Crippen LogP contribution in [0.1, 0.15) is 53.4 Å². The quantitative estimate of drug-likeness (QED) is 0.619. The van der Waals surface area contributed by atoms with Crippen LogP contribution in [0.25, 0.3) is 0 Å². The lowest BCUT2D eigenvalue weighted by Gasteiger charge is -2.31. The molecule has 0 radical (unpaired) electrons. The Morgan fingerprint density at radius 3 is 2.23 bits per heavy atom. The highest BCUT2D eigenvalue weighted by atomic mass is 16.3. The van der Waals surface area contributed by atoms with Crippen LogP contribution in [-0.2, 0) is 0 Å². The Labute approximate surface area is 82.9 Å². The van der Waals surface area contributed by atoms with Gasteiger partial charge in [0.1, 0.15) is 6.23 Å². The maximum absolute atomic E-state index is 9.71. The molecule has 0 rings (SSSR count). The molecule has 0 saturated carbocycles. The van der Waals surface area contributed by atoms with E-state index >= 15 is 0 Å². The molecule has 0 aromatic heterocycles. The minimum Gasteiger partial charge on any atom is -0.378 e. The van der Waals surface area contributed by atoms with Gasteiger partial charge in [-0.1, -0.05) is 33.6 Å². The van der Waals surface area contributed by atoms with Crippen LogP contribution >= 0.6 is 0 Å². The van der Waals surface area contributed by atoms with Gasteiger partial charge in [0.05, 0.1) is 0 Å². The summed E-state index contributed by atoms with van der Waals surface area (Å²) in [5.41, 5.74) is 0. The van der Waals surface area contributed by atoms with Gasteiger partial charge in [0, 0.05) is 6.04 Å². The van der Waals surface area contributed by atoms with Crippen LogP contribution in [0.5, 0.6) is 0 Å². The second-order valence-electron chi connectivity index (χ2n) is 3.71. The summed E-state index contributed by atoms with van der Waals surface area (Å²) in [6.45, 7) is 9.50. The first-order valence-electron chi connectivity index (χ1n) is 5.61. The zero-order chi connectivity index (χ0) is 10.3. The van der Waals surface area contributed by atoms with Gasteiger partial charge in [0.15, 0.2) is 0 Å². The Balaban J connectivity index is 3.90. The molecular weight excluding hydrogens is 162 g/mol. The second kappa shape index (κ2) is 7.34. The summed E-state index contributed by atoms with van der Waals surface area (Å²) in [5.74, 6) is 0. The summed E-state index contributed by atoms with van der Waals surface area (Å²) in [6.07, 6.45) is 4.26. The second-order valence-corrected chi connectivity index (χ2v) is 3.71. The highest BCUT2D eigenvalue weighted by Gasteiger charge is 2.17. The van der Waals surface area contributed by atoms with Crippen molar-refractivity contribution in [1.29, 1.82) is 0 Å². The predicted octanol–water partition coefficient (Wildman–Crippen LogP) is 2.62. The fraction of sp³-hybridized carbons (Fsp3) is 1.00. The van der Waals surface area contributed by atoms with Gasteiger partial charge in [0.25, 0.3) is 0 Å². The van der Waals surface area contributed by atoms with E-state index in [0.29, 0.717) is 6.04 Å². The van der Waals surface area contributed by atoms with E-state index in [1.165, 1.54) is 19.3 Å². The molecule has 2 atom stereocenters. The molecule has 0 aliphatic carbocycles.